The van der Waals surface area contributed by atoms with Gasteiger partial charge >= 0.3 is 0 Å². The van der Waals surface area contributed by atoms with Crippen molar-refractivity contribution in [3.05, 3.63) is 77.4 Å². The second kappa shape index (κ2) is 6.96. The van der Waals surface area contributed by atoms with Crippen molar-refractivity contribution in [2.45, 2.75) is 18.1 Å². The topological polar surface area (TPSA) is 38.1 Å². The lowest BCUT2D eigenvalue weighted by molar-refractivity contribution is 0.0726. The van der Waals surface area contributed by atoms with E-state index >= 15 is 0 Å². The second-order valence-electron chi connectivity index (χ2n) is 6.19. The third-order valence-electron chi connectivity index (χ3n) is 4.63. The van der Waals surface area contributed by atoms with Crippen LogP contribution in [0.25, 0.3) is 5.69 Å². The zero-order valence-electron chi connectivity index (χ0n) is 14.4. The van der Waals surface area contributed by atoms with Gasteiger partial charge in [0.05, 0.1) is 6.20 Å². The van der Waals surface area contributed by atoms with E-state index in [0.29, 0.717) is 23.9 Å². The summed E-state index contributed by atoms with van der Waals surface area (Å²) < 4.78 is 15.1. The van der Waals surface area contributed by atoms with Gasteiger partial charge in [-0.25, -0.2) is 9.37 Å². The first kappa shape index (κ1) is 16.8. The minimum Gasteiger partial charge on any atom is -0.333 e. The third kappa shape index (κ3) is 3.01. The molecular weight excluding hydrogens is 349 g/mol. The molecule has 2 heterocycles. The normalized spacial score (nSPS) is 13.5. The lowest BCUT2D eigenvalue weighted by atomic mass is 10.00. The number of carbonyl (C=O) groups is 1. The Morgan fingerprint density at radius 2 is 1.85 bits per heavy atom. The summed E-state index contributed by atoms with van der Waals surface area (Å²) in [6.07, 6.45) is 4.37. The van der Waals surface area contributed by atoms with Crippen LogP contribution in [0.3, 0.4) is 0 Å². The number of nitrogens with zero attached hydrogens (tertiary/aromatic N) is 3. The number of carbonyl (C=O) groups excluding carboxylic acids is 1. The molecule has 6 heteroatoms. The largest absolute Gasteiger partial charge is 0.333 e. The van der Waals surface area contributed by atoms with E-state index in [-0.39, 0.29) is 11.7 Å². The first-order chi connectivity index (χ1) is 12.7. The molecule has 1 aromatic heterocycles. The summed E-state index contributed by atoms with van der Waals surface area (Å²) in [4.78, 5) is 19.4. The van der Waals surface area contributed by atoms with E-state index in [0.717, 1.165) is 12.1 Å². The molecule has 0 aliphatic carbocycles. The van der Waals surface area contributed by atoms with Gasteiger partial charge in [0.15, 0.2) is 5.16 Å². The molecule has 3 aromatic rings. The molecule has 1 aliphatic rings. The van der Waals surface area contributed by atoms with Gasteiger partial charge < -0.3 is 4.90 Å². The number of hydrogen-bond acceptors (Lipinski definition) is 3. The molecule has 2 aromatic carbocycles. The Balaban J connectivity index is 1.69. The highest BCUT2D eigenvalue weighted by molar-refractivity contribution is 7.98. The van der Waals surface area contributed by atoms with Gasteiger partial charge in [-0.2, -0.15) is 0 Å². The summed E-state index contributed by atoms with van der Waals surface area (Å²) in [7, 11) is 0. The first-order valence-electron chi connectivity index (χ1n) is 8.41. The van der Waals surface area contributed by atoms with Crippen molar-refractivity contribution in [1.29, 1.82) is 0 Å². The van der Waals surface area contributed by atoms with Crippen molar-refractivity contribution in [3.8, 4) is 5.69 Å². The average Bonchev–Trinajstić information content (AvgIpc) is 3.11. The van der Waals surface area contributed by atoms with E-state index < -0.39 is 0 Å². The number of benzene rings is 2. The highest BCUT2D eigenvalue weighted by Gasteiger charge is 2.26. The van der Waals surface area contributed by atoms with Crippen LogP contribution in [0.5, 0.6) is 0 Å². The molecule has 0 fully saturated rings. The molecule has 1 aliphatic heterocycles. The molecular formula is C20H18FN3OS. The maximum atomic E-state index is 13.3. The quantitative estimate of drug-likeness (QED) is 0.659. The van der Waals surface area contributed by atoms with Crippen molar-refractivity contribution in [2.75, 3.05) is 12.8 Å². The number of rotatable bonds is 3. The van der Waals surface area contributed by atoms with E-state index in [2.05, 4.69) is 17.1 Å². The molecule has 0 saturated heterocycles. The van der Waals surface area contributed by atoms with Crippen LogP contribution >= 0.6 is 11.8 Å². The zero-order chi connectivity index (χ0) is 18.1. The summed E-state index contributed by atoms with van der Waals surface area (Å²) in [6, 6.07) is 14.3. The van der Waals surface area contributed by atoms with Crippen molar-refractivity contribution < 1.29 is 9.18 Å². The molecule has 0 N–H and O–H groups in total. The molecule has 0 unspecified atom stereocenters. The highest BCUT2D eigenvalue weighted by Crippen LogP contribution is 2.25. The van der Waals surface area contributed by atoms with Crippen molar-refractivity contribution in [1.82, 2.24) is 14.5 Å². The van der Waals surface area contributed by atoms with E-state index in [1.165, 1.54) is 35.0 Å². The first-order valence-corrected chi connectivity index (χ1v) is 9.63. The summed E-state index contributed by atoms with van der Waals surface area (Å²) in [5.74, 6) is -0.364. The van der Waals surface area contributed by atoms with E-state index in [4.69, 9.17) is 0 Å². The Bertz CT molecular complexity index is 952. The zero-order valence-corrected chi connectivity index (χ0v) is 15.2. The average molecular weight is 367 g/mol. The Labute approximate surface area is 155 Å². The van der Waals surface area contributed by atoms with Gasteiger partial charge in [-0.05, 0) is 48.1 Å². The van der Waals surface area contributed by atoms with Crippen LogP contribution in [0.2, 0.25) is 0 Å². The SMILES string of the molecule is CSc1ncc(C(=O)N2CCc3ccccc3C2)n1-c1ccc(F)cc1. The second-order valence-corrected chi connectivity index (χ2v) is 6.96. The number of thioether (sulfide) groups is 1. The van der Waals surface area contributed by atoms with Crippen molar-refractivity contribution in [2.24, 2.45) is 0 Å². The van der Waals surface area contributed by atoms with Crippen LogP contribution < -0.4 is 0 Å². The minimum absolute atomic E-state index is 0.0587. The van der Waals surface area contributed by atoms with E-state index in [9.17, 15) is 9.18 Å². The summed E-state index contributed by atoms with van der Waals surface area (Å²) in [6.45, 7) is 1.28. The Morgan fingerprint density at radius 1 is 1.12 bits per heavy atom. The molecule has 0 atom stereocenters. The molecule has 0 bridgehead atoms. The molecule has 132 valence electrons. The smallest absolute Gasteiger partial charge is 0.272 e. The van der Waals surface area contributed by atoms with Gasteiger partial charge in [0, 0.05) is 18.8 Å². The van der Waals surface area contributed by atoms with Gasteiger partial charge in [0.1, 0.15) is 11.5 Å². The monoisotopic (exact) mass is 367 g/mol. The maximum Gasteiger partial charge on any atom is 0.272 e. The Hall–Kier alpha value is -2.60. The fourth-order valence-electron chi connectivity index (χ4n) is 3.30. The van der Waals surface area contributed by atoms with Gasteiger partial charge in [0.2, 0.25) is 0 Å². The van der Waals surface area contributed by atoms with Crippen LogP contribution in [0, 0.1) is 5.82 Å². The van der Waals surface area contributed by atoms with Crippen LogP contribution in [0.1, 0.15) is 21.6 Å². The number of amides is 1. The van der Waals surface area contributed by atoms with Crippen molar-refractivity contribution >= 4 is 17.7 Å². The fourth-order valence-corrected chi connectivity index (χ4v) is 3.84. The van der Waals surface area contributed by atoms with Crippen molar-refractivity contribution in [3.63, 3.8) is 0 Å². The standard InChI is InChI=1S/C20H18FN3OS/c1-26-20-22-12-18(24(20)17-8-6-16(21)7-9-17)19(25)23-11-10-14-4-2-3-5-15(14)13-23/h2-9,12H,10-11,13H2,1H3. The number of aromatic nitrogens is 2. The molecule has 0 spiro atoms. The molecule has 1 amide bonds. The van der Waals surface area contributed by atoms with Gasteiger partial charge in [-0.15, -0.1) is 0 Å². The lowest BCUT2D eigenvalue weighted by Gasteiger charge is -2.29. The van der Waals surface area contributed by atoms with Gasteiger partial charge in [0.25, 0.3) is 5.91 Å². The number of hydrogen-bond donors (Lipinski definition) is 0. The van der Waals surface area contributed by atoms with E-state index in [1.807, 2.05) is 23.3 Å². The molecule has 4 nitrogen and oxygen atoms in total. The van der Waals surface area contributed by atoms with Crippen LogP contribution in [-0.2, 0) is 13.0 Å². The molecule has 0 radical (unpaired) electrons. The summed E-state index contributed by atoms with van der Waals surface area (Å²) in [5.41, 5.74) is 3.72. The highest BCUT2D eigenvalue weighted by atomic mass is 32.2. The predicted octanol–water partition coefficient (Wildman–Crippen LogP) is 3.93. The number of halogens is 1. The minimum atomic E-state index is -0.305. The number of fused-ring (bicyclic) bond motifs is 1. The van der Waals surface area contributed by atoms with Crippen LogP contribution in [-0.4, -0.2) is 33.2 Å². The summed E-state index contributed by atoms with van der Waals surface area (Å²) in [5, 5.41) is 0.706. The summed E-state index contributed by atoms with van der Waals surface area (Å²) >= 11 is 1.46. The lowest BCUT2D eigenvalue weighted by Crippen LogP contribution is -2.36. The Morgan fingerprint density at radius 3 is 2.58 bits per heavy atom. The predicted molar refractivity (Wildman–Crippen MR) is 100 cm³/mol. The molecule has 4 rings (SSSR count). The number of imidazole rings is 1. The third-order valence-corrected chi connectivity index (χ3v) is 5.29. The van der Waals surface area contributed by atoms with Gasteiger partial charge in [-0.1, -0.05) is 36.0 Å². The molecule has 0 saturated carbocycles. The Kier molecular flexibility index (Phi) is 4.51. The van der Waals surface area contributed by atoms with E-state index in [1.54, 1.807) is 22.9 Å². The van der Waals surface area contributed by atoms with Crippen LogP contribution in [0.15, 0.2) is 59.9 Å². The molecule has 26 heavy (non-hydrogen) atoms. The van der Waals surface area contributed by atoms with Gasteiger partial charge in [-0.3, -0.25) is 9.36 Å². The maximum absolute atomic E-state index is 13.3. The van der Waals surface area contributed by atoms with Crippen LogP contribution in [0.4, 0.5) is 4.39 Å². The fraction of sp³-hybridized carbons (Fsp3) is 0.200.